The van der Waals surface area contributed by atoms with E-state index in [0.717, 1.165) is 0 Å². The number of nitrogens with one attached hydrogen (secondary N) is 1. The number of fused-ring (bicyclic) bond motifs is 1. The molecular formula is C11H10N6O. The molecule has 90 valence electrons. The van der Waals surface area contributed by atoms with Crippen LogP contribution < -0.4 is 15.8 Å². The van der Waals surface area contributed by atoms with Crippen molar-refractivity contribution in [3.05, 3.63) is 24.4 Å². The SMILES string of the molecule is Nc1nccc(Nc2ccc3c(n2)N=CCO3)n1. The van der Waals surface area contributed by atoms with Crippen LogP contribution in [0.1, 0.15) is 0 Å². The summed E-state index contributed by atoms with van der Waals surface area (Å²) >= 11 is 0. The lowest BCUT2D eigenvalue weighted by Gasteiger charge is -2.12. The monoisotopic (exact) mass is 242 g/mol. The lowest BCUT2D eigenvalue weighted by Crippen LogP contribution is -2.05. The van der Waals surface area contributed by atoms with Crippen LogP contribution in [0.15, 0.2) is 29.4 Å². The highest BCUT2D eigenvalue weighted by atomic mass is 16.5. The maximum atomic E-state index is 5.50. The van der Waals surface area contributed by atoms with Crippen LogP contribution in [0.2, 0.25) is 0 Å². The largest absolute Gasteiger partial charge is 0.484 e. The lowest BCUT2D eigenvalue weighted by molar-refractivity contribution is 0.375. The third-order valence-corrected chi connectivity index (χ3v) is 2.30. The van der Waals surface area contributed by atoms with E-state index in [-0.39, 0.29) is 5.95 Å². The topological polar surface area (TPSA) is 98.3 Å². The second-order valence-electron chi connectivity index (χ2n) is 3.57. The Hall–Kier alpha value is -2.70. The highest BCUT2D eigenvalue weighted by Gasteiger charge is 2.09. The number of ether oxygens (including phenoxy) is 1. The molecule has 0 aromatic carbocycles. The Labute approximate surface area is 103 Å². The van der Waals surface area contributed by atoms with Crippen LogP contribution in [0, 0.1) is 0 Å². The van der Waals surface area contributed by atoms with Gasteiger partial charge in [-0.2, -0.15) is 4.98 Å². The summed E-state index contributed by atoms with van der Waals surface area (Å²) in [6.45, 7) is 0.476. The normalized spacial score (nSPS) is 12.7. The van der Waals surface area contributed by atoms with Gasteiger partial charge in [-0.1, -0.05) is 0 Å². The van der Waals surface area contributed by atoms with Crippen LogP contribution in [-0.4, -0.2) is 27.8 Å². The van der Waals surface area contributed by atoms with Crippen LogP contribution >= 0.6 is 0 Å². The molecule has 18 heavy (non-hydrogen) atoms. The minimum Gasteiger partial charge on any atom is -0.484 e. The van der Waals surface area contributed by atoms with E-state index in [0.29, 0.717) is 29.8 Å². The highest BCUT2D eigenvalue weighted by Crippen LogP contribution is 2.29. The van der Waals surface area contributed by atoms with Crippen molar-refractivity contribution in [1.82, 2.24) is 15.0 Å². The highest BCUT2D eigenvalue weighted by molar-refractivity contribution is 5.70. The fraction of sp³-hybridized carbons (Fsp3) is 0.0909. The van der Waals surface area contributed by atoms with Gasteiger partial charge in [-0.15, -0.1) is 0 Å². The molecule has 7 heteroatoms. The van der Waals surface area contributed by atoms with E-state index in [1.165, 1.54) is 0 Å². The van der Waals surface area contributed by atoms with Crippen molar-refractivity contribution in [2.45, 2.75) is 0 Å². The van der Waals surface area contributed by atoms with Gasteiger partial charge in [0.05, 0.1) is 0 Å². The van der Waals surface area contributed by atoms with Crippen molar-refractivity contribution in [3.8, 4) is 5.75 Å². The van der Waals surface area contributed by atoms with Crippen molar-refractivity contribution in [2.75, 3.05) is 17.7 Å². The number of hydrogen-bond acceptors (Lipinski definition) is 7. The fourth-order valence-corrected chi connectivity index (χ4v) is 1.54. The second kappa shape index (κ2) is 4.28. The predicted octanol–water partition coefficient (Wildman–Crippen LogP) is 1.29. The molecule has 0 fully saturated rings. The summed E-state index contributed by atoms with van der Waals surface area (Å²) < 4.78 is 5.36. The summed E-state index contributed by atoms with van der Waals surface area (Å²) in [6, 6.07) is 5.31. The molecule has 2 aromatic rings. The number of aliphatic imine (C=N–C) groups is 1. The van der Waals surface area contributed by atoms with Gasteiger partial charge in [-0.05, 0) is 18.2 Å². The summed E-state index contributed by atoms with van der Waals surface area (Å²) in [7, 11) is 0. The van der Waals surface area contributed by atoms with E-state index >= 15 is 0 Å². The number of rotatable bonds is 2. The molecule has 0 spiro atoms. The molecule has 0 radical (unpaired) electrons. The van der Waals surface area contributed by atoms with Gasteiger partial charge in [-0.25, -0.2) is 15.0 Å². The zero-order valence-electron chi connectivity index (χ0n) is 9.37. The summed E-state index contributed by atoms with van der Waals surface area (Å²) in [5, 5.41) is 3.02. The van der Waals surface area contributed by atoms with Gasteiger partial charge in [0.25, 0.3) is 0 Å². The van der Waals surface area contributed by atoms with Gasteiger partial charge in [0.1, 0.15) is 18.2 Å². The van der Waals surface area contributed by atoms with Crippen molar-refractivity contribution >= 4 is 29.6 Å². The fourth-order valence-electron chi connectivity index (χ4n) is 1.54. The number of pyridine rings is 1. The summed E-state index contributed by atoms with van der Waals surface area (Å²) in [5.41, 5.74) is 5.50. The Morgan fingerprint density at radius 3 is 2.94 bits per heavy atom. The Morgan fingerprint density at radius 1 is 1.17 bits per heavy atom. The Kier molecular flexibility index (Phi) is 2.49. The van der Waals surface area contributed by atoms with E-state index in [1.54, 1.807) is 24.5 Å². The van der Waals surface area contributed by atoms with Crippen LogP contribution in [0.3, 0.4) is 0 Å². The summed E-state index contributed by atoms with van der Waals surface area (Å²) in [6.07, 6.45) is 3.24. The van der Waals surface area contributed by atoms with Gasteiger partial charge in [-0.3, -0.25) is 0 Å². The van der Waals surface area contributed by atoms with Gasteiger partial charge < -0.3 is 15.8 Å². The van der Waals surface area contributed by atoms with E-state index in [2.05, 4.69) is 25.3 Å². The van der Waals surface area contributed by atoms with Crippen molar-refractivity contribution in [1.29, 1.82) is 0 Å². The number of aromatic nitrogens is 3. The maximum Gasteiger partial charge on any atom is 0.221 e. The van der Waals surface area contributed by atoms with Gasteiger partial charge in [0.15, 0.2) is 11.6 Å². The Bertz CT molecular complexity index is 612. The zero-order valence-corrected chi connectivity index (χ0v) is 9.37. The molecule has 0 amide bonds. The average molecular weight is 242 g/mol. The molecule has 3 rings (SSSR count). The molecule has 1 aliphatic heterocycles. The first-order valence-corrected chi connectivity index (χ1v) is 5.33. The van der Waals surface area contributed by atoms with Crippen molar-refractivity contribution in [3.63, 3.8) is 0 Å². The molecule has 0 saturated heterocycles. The number of nitrogen functional groups attached to an aromatic ring is 1. The van der Waals surface area contributed by atoms with E-state index < -0.39 is 0 Å². The molecule has 3 N–H and O–H groups in total. The Balaban J connectivity index is 1.88. The van der Waals surface area contributed by atoms with Gasteiger partial charge in [0, 0.05) is 12.4 Å². The number of anilines is 3. The minimum atomic E-state index is 0.208. The molecule has 0 aliphatic carbocycles. The Morgan fingerprint density at radius 2 is 2.06 bits per heavy atom. The molecule has 1 aliphatic rings. The molecule has 2 aromatic heterocycles. The predicted molar refractivity (Wildman–Crippen MR) is 67.6 cm³/mol. The summed E-state index contributed by atoms with van der Waals surface area (Å²) in [4.78, 5) is 16.3. The van der Waals surface area contributed by atoms with Crippen molar-refractivity contribution in [2.24, 2.45) is 4.99 Å². The first-order valence-electron chi connectivity index (χ1n) is 5.33. The number of hydrogen-bond donors (Lipinski definition) is 2. The first kappa shape index (κ1) is 10.5. The molecule has 0 atom stereocenters. The molecular weight excluding hydrogens is 232 g/mol. The van der Waals surface area contributed by atoms with Crippen LogP contribution in [0.4, 0.5) is 23.4 Å². The third kappa shape index (κ3) is 2.05. The molecule has 0 saturated carbocycles. The number of nitrogens with two attached hydrogens (primary N) is 1. The van der Waals surface area contributed by atoms with Gasteiger partial charge >= 0.3 is 0 Å². The third-order valence-electron chi connectivity index (χ3n) is 2.30. The van der Waals surface area contributed by atoms with Gasteiger partial charge in [0.2, 0.25) is 5.95 Å². The second-order valence-corrected chi connectivity index (χ2v) is 3.57. The maximum absolute atomic E-state index is 5.50. The van der Waals surface area contributed by atoms with Crippen LogP contribution in [0.5, 0.6) is 5.75 Å². The van der Waals surface area contributed by atoms with Crippen LogP contribution in [0.25, 0.3) is 0 Å². The standard InChI is InChI=1S/C11H10N6O/c12-11-14-4-3-9(17-11)15-8-2-1-7-10(16-8)13-5-6-18-7/h1-5H,6H2,(H3,12,14,15,16,17). The average Bonchev–Trinajstić information content (AvgIpc) is 2.39. The number of nitrogens with zero attached hydrogens (tertiary/aromatic N) is 4. The molecule has 0 bridgehead atoms. The smallest absolute Gasteiger partial charge is 0.221 e. The minimum absolute atomic E-state index is 0.208. The van der Waals surface area contributed by atoms with E-state index in [9.17, 15) is 0 Å². The quantitative estimate of drug-likeness (QED) is 0.823. The lowest BCUT2D eigenvalue weighted by atomic mass is 10.4. The van der Waals surface area contributed by atoms with Crippen LogP contribution in [-0.2, 0) is 0 Å². The molecule has 3 heterocycles. The van der Waals surface area contributed by atoms with E-state index in [1.807, 2.05) is 6.07 Å². The summed E-state index contributed by atoms with van der Waals surface area (Å²) in [5.74, 6) is 2.63. The zero-order chi connectivity index (χ0) is 12.4. The first-order chi connectivity index (χ1) is 8.81. The van der Waals surface area contributed by atoms with Crippen molar-refractivity contribution < 1.29 is 4.74 Å². The molecule has 7 nitrogen and oxygen atoms in total. The molecule has 0 unspecified atom stereocenters. The van der Waals surface area contributed by atoms with E-state index in [4.69, 9.17) is 10.5 Å².